The molecule has 0 fully saturated rings. The summed E-state index contributed by atoms with van der Waals surface area (Å²) >= 11 is 1.31. The van der Waals surface area contributed by atoms with E-state index < -0.39 is 5.25 Å². The topological polar surface area (TPSA) is 93.8 Å². The van der Waals surface area contributed by atoms with E-state index in [0.29, 0.717) is 39.3 Å². The lowest BCUT2D eigenvalue weighted by Crippen LogP contribution is -2.16. The summed E-state index contributed by atoms with van der Waals surface area (Å²) in [4.78, 5) is 28.2. The molecule has 0 unspecified atom stereocenters. The van der Waals surface area contributed by atoms with E-state index >= 15 is 0 Å². The van der Waals surface area contributed by atoms with Gasteiger partial charge in [0.2, 0.25) is 5.82 Å². The van der Waals surface area contributed by atoms with Crippen LogP contribution in [0.3, 0.4) is 0 Å². The van der Waals surface area contributed by atoms with Gasteiger partial charge in [-0.15, -0.1) is 10.2 Å². The zero-order valence-electron chi connectivity index (χ0n) is 17.7. The molecule has 1 atom stereocenters. The van der Waals surface area contributed by atoms with Crippen LogP contribution in [0.5, 0.6) is 0 Å². The lowest BCUT2D eigenvalue weighted by Gasteiger charge is -2.12. The number of hydrogen-bond acceptors (Lipinski definition) is 6. The van der Waals surface area contributed by atoms with Crippen molar-refractivity contribution in [2.45, 2.75) is 38.1 Å². The molecule has 4 aromatic rings. The average Bonchev–Trinajstić information content (AvgIpc) is 3.47. The van der Waals surface area contributed by atoms with Crippen LogP contribution in [0.15, 0.2) is 58.3 Å². The van der Waals surface area contributed by atoms with E-state index in [4.69, 9.17) is 4.42 Å². The van der Waals surface area contributed by atoms with Gasteiger partial charge in [-0.3, -0.25) is 14.2 Å². The van der Waals surface area contributed by atoms with Crippen molar-refractivity contribution in [2.75, 3.05) is 0 Å². The molecule has 0 spiro atoms. The van der Waals surface area contributed by atoms with Gasteiger partial charge < -0.3 is 9.40 Å². The molecule has 4 rings (SSSR count). The number of nitrogens with zero attached hydrogens (tertiary/aromatic N) is 3. The van der Waals surface area contributed by atoms with Crippen molar-refractivity contribution >= 4 is 23.3 Å². The number of thioether (sulfide) groups is 1. The smallest absolute Gasteiger partial charge is 0.205 e. The van der Waals surface area contributed by atoms with Crippen molar-refractivity contribution in [3.05, 3.63) is 71.2 Å². The molecule has 8 heteroatoms. The summed E-state index contributed by atoms with van der Waals surface area (Å²) in [6, 6.07) is 13.3. The molecular weight excluding hydrogens is 412 g/mol. The molecule has 0 saturated heterocycles. The molecule has 0 aliphatic heterocycles. The molecule has 0 amide bonds. The van der Waals surface area contributed by atoms with Gasteiger partial charge in [0.05, 0.1) is 17.2 Å². The Morgan fingerprint density at radius 2 is 1.84 bits per heavy atom. The van der Waals surface area contributed by atoms with E-state index in [0.717, 1.165) is 5.69 Å². The standard InChI is InChI=1S/C23H22N4O3S/c1-13-19(15(3)28)14(2)24-20(13)21(29)16(4)31-23-26-25-22(18-11-8-12-30-18)27(23)17-9-6-5-7-10-17/h5-12,16,24H,1-4H3/t16-/m0/s1. The number of benzene rings is 1. The van der Waals surface area contributed by atoms with Crippen molar-refractivity contribution in [1.29, 1.82) is 0 Å². The Hall–Kier alpha value is -3.39. The summed E-state index contributed by atoms with van der Waals surface area (Å²) in [5.41, 5.74) is 3.29. The first-order valence-corrected chi connectivity index (χ1v) is 10.7. The van der Waals surface area contributed by atoms with Crippen LogP contribution in [0.1, 0.15) is 46.0 Å². The fourth-order valence-corrected chi connectivity index (χ4v) is 4.59. The Balaban J connectivity index is 1.69. The maximum atomic E-state index is 13.2. The molecule has 1 N–H and O–H groups in total. The molecular formula is C23H22N4O3S. The average molecular weight is 435 g/mol. The van der Waals surface area contributed by atoms with E-state index in [9.17, 15) is 9.59 Å². The second-order valence-corrected chi connectivity index (χ2v) is 8.57. The first kappa shape index (κ1) is 20.9. The molecule has 0 aliphatic carbocycles. The van der Waals surface area contributed by atoms with Gasteiger partial charge in [-0.05, 0) is 57.5 Å². The number of aromatic amines is 1. The zero-order valence-corrected chi connectivity index (χ0v) is 18.5. The number of aromatic nitrogens is 4. The fourth-order valence-electron chi connectivity index (χ4n) is 3.66. The number of ketones is 2. The number of furan rings is 1. The maximum Gasteiger partial charge on any atom is 0.205 e. The van der Waals surface area contributed by atoms with E-state index in [-0.39, 0.29) is 11.6 Å². The van der Waals surface area contributed by atoms with Crippen LogP contribution in [0.2, 0.25) is 0 Å². The van der Waals surface area contributed by atoms with Gasteiger partial charge in [0.1, 0.15) is 0 Å². The molecule has 31 heavy (non-hydrogen) atoms. The van der Waals surface area contributed by atoms with Gasteiger partial charge in [0.15, 0.2) is 22.5 Å². The second kappa shape index (κ2) is 8.39. The Labute approximate surface area is 183 Å². The highest BCUT2D eigenvalue weighted by atomic mass is 32.2. The first-order valence-electron chi connectivity index (χ1n) is 9.84. The predicted octanol–water partition coefficient (Wildman–Crippen LogP) is 5.04. The minimum atomic E-state index is -0.451. The van der Waals surface area contributed by atoms with E-state index in [1.807, 2.05) is 47.9 Å². The summed E-state index contributed by atoms with van der Waals surface area (Å²) in [6.45, 7) is 6.94. The molecule has 158 valence electrons. The van der Waals surface area contributed by atoms with Gasteiger partial charge >= 0.3 is 0 Å². The number of para-hydroxylation sites is 1. The third-order valence-corrected chi connectivity index (χ3v) is 6.12. The van der Waals surface area contributed by atoms with Crippen molar-refractivity contribution in [3.63, 3.8) is 0 Å². The quantitative estimate of drug-likeness (QED) is 0.324. The normalized spacial score (nSPS) is 12.1. The molecule has 0 radical (unpaired) electrons. The van der Waals surface area contributed by atoms with Crippen molar-refractivity contribution < 1.29 is 14.0 Å². The van der Waals surface area contributed by atoms with Gasteiger partial charge in [-0.2, -0.15) is 0 Å². The Bertz CT molecular complexity index is 1240. The zero-order chi connectivity index (χ0) is 22.1. The number of hydrogen-bond donors (Lipinski definition) is 1. The highest BCUT2D eigenvalue weighted by molar-refractivity contribution is 8.00. The number of nitrogens with one attached hydrogen (secondary N) is 1. The highest BCUT2D eigenvalue weighted by Crippen LogP contribution is 2.32. The van der Waals surface area contributed by atoms with E-state index in [1.54, 1.807) is 26.2 Å². The van der Waals surface area contributed by atoms with Crippen LogP contribution in [-0.2, 0) is 0 Å². The van der Waals surface area contributed by atoms with Crippen LogP contribution < -0.4 is 0 Å². The van der Waals surface area contributed by atoms with Gasteiger partial charge in [-0.25, -0.2) is 0 Å². The van der Waals surface area contributed by atoms with Crippen LogP contribution in [0, 0.1) is 13.8 Å². The number of H-pyrrole nitrogens is 1. The summed E-state index contributed by atoms with van der Waals surface area (Å²) in [7, 11) is 0. The molecule has 0 saturated carbocycles. The lowest BCUT2D eigenvalue weighted by molar-refractivity contribution is 0.0988. The third-order valence-electron chi connectivity index (χ3n) is 5.08. The van der Waals surface area contributed by atoms with Crippen molar-refractivity contribution in [2.24, 2.45) is 0 Å². The third kappa shape index (κ3) is 3.86. The van der Waals surface area contributed by atoms with E-state index in [1.165, 1.54) is 18.7 Å². The van der Waals surface area contributed by atoms with E-state index in [2.05, 4.69) is 15.2 Å². The Morgan fingerprint density at radius 3 is 2.45 bits per heavy atom. The number of aryl methyl sites for hydroxylation is 1. The second-order valence-electron chi connectivity index (χ2n) is 7.26. The van der Waals surface area contributed by atoms with Gasteiger partial charge in [0.25, 0.3) is 0 Å². The van der Waals surface area contributed by atoms with Gasteiger partial charge in [-0.1, -0.05) is 30.0 Å². The maximum absolute atomic E-state index is 13.2. The lowest BCUT2D eigenvalue weighted by atomic mass is 10.0. The summed E-state index contributed by atoms with van der Waals surface area (Å²) < 4.78 is 7.41. The summed E-state index contributed by atoms with van der Waals surface area (Å²) in [6.07, 6.45) is 1.58. The molecule has 0 bridgehead atoms. The minimum Gasteiger partial charge on any atom is -0.461 e. The largest absolute Gasteiger partial charge is 0.461 e. The number of Topliss-reactive ketones (excluding diaryl/α,β-unsaturated/α-hetero) is 2. The van der Waals surface area contributed by atoms with Crippen molar-refractivity contribution in [3.8, 4) is 17.3 Å². The monoisotopic (exact) mass is 434 g/mol. The predicted molar refractivity (Wildman–Crippen MR) is 119 cm³/mol. The molecule has 1 aromatic carbocycles. The van der Waals surface area contributed by atoms with Gasteiger partial charge in [0, 0.05) is 16.9 Å². The number of carbonyl (C=O) groups is 2. The molecule has 7 nitrogen and oxygen atoms in total. The SMILES string of the molecule is CC(=O)c1c(C)[nH]c(C(=O)[C@H](C)Sc2nnc(-c3ccco3)n2-c2ccccc2)c1C. The number of rotatable bonds is 7. The van der Waals surface area contributed by atoms with Crippen molar-refractivity contribution in [1.82, 2.24) is 19.7 Å². The van der Waals surface area contributed by atoms with Crippen LogP contribution in [0.25, 0.3) is 17.3 Å². The molecule has 3 heterocycles. The Kier molecular flexibility index (Phi) is 5.65. The summed E-state index contributed by atoms with van der Waals surface area (Å²) in [5.74, 6) is 0.992. The van der Waals surface area contributed by atoms with Crippen LogP contribution in [0.4, 0.5) is 0 Å². The Morgan fingerprint density at radius 1 is 1.10 bits per heavy atom. The first-order chi connectivity index (χ1) is 14.9. The van der Waals surface area contributed by atoms with Crippen LogP contribution >= 0.6 is 11.8 Å². The minimum absolute atomic E-state index is 0.0579. The number of carbonyl (C=O) groups excluding carboxylic acids is 2. The van der Waals surface area contributed by atoms with Crippen LogP contribution in [-0.4, -0.2) is 36.6 Å². The summed E-state index contributed by atoms with van der Waals surface area (Å²) in [5, 5.41) is 8.77. The molecule has 3 aromatic heterocycles. The molecule has 0 aliphatic rings. The fraction of sp³-hybridized carbons (Fsp3) is 0.217. The highest BCUT2D eigenvalue weighted by Gasteiger charge is 2.27.